The van der Waals surface area contributed by atoms with E-state index in [4.69, 9.17) is 37.9 Å². The molecule has 0 aromatic rings. The van der Waals surface area contributed by atoms with Gasteiger partial charge in [0, 0.05) is 51.4 Å². The Kier molecular flexibility index (Phi) is 24.8. The first-order valence-electron chi connectivity index (χ1n) is 27.3. The molecule has 1 aliphatic carbocycles. The number of methoxy groups -OCH3 is 2. The van der Waals surface area contributed by atoms with Gasteiger partial charge in [0.25, 0.3) is 11.7 Å². The van der Waals surface area contributed by atoms with E-state index in [9.17, 15) is 39.3 Å². The van der Waals surface area contributed by atoms with Crippen LogP contribution in [0.3, 0.4) is 0 Å². The summed E-state index contributed by atoms with van der Waals surface area (Å²) < 4.78 is 47.9. The number of allylic oxidation sites excluding steroid dienone is 6. The van der Waals surface area contributed by atoms with Crippen molar-refractivity contribution in [1.29, 1.82) is 0 Å². The Balaban J connectivity index is 1.47. The second-order valence-electron chi connectivity index (χ2n) is 21.8. The number of hydrogen-bond donors (Lipinski definition) is 3. The zero-order valence-electron chi connectivity index (χ0n) is 45.7. The summed E-state index contributed by atoms with van der Waals surface area (Å²) in [5, 5.41) is 33.1. The number of ketones is 3. The van der Waals surface area contributed by atoms with E-state index in [0.717, 1.165) is 12.0 Å². The molecule has 5 aliphatic rings. The lowest BCUT2D eigenvalue weighted by atomic mass is 9.78. The first kappa shape index (κ1) is 61.4. The van der Waals surface area contributed by atoms with E-state index >= 15 is 0 Å². The maximum Gasteiger partial charge on any atom is 0.329 e. The molecule has 4 heterocycles. The largest absolute Gasteiger partial charge is 0.460 e. The minimum absolute atomic E-state index is 0.0101. The van der Waals surface area contributed by atoms with Gasteiger partial charge in [0.05, 0.1) is 64.1 Å². The van der Waals surface area contributed by atoms with Crippen LogP contribution in [0.1, 0.15) is 126 Å². The smallest absolute Gasteiger partial charge is 0.329 e. The highest BCUT2D eigenvalue weighted by atomic mass is 16.6. The molecule has 5 rings (SSSR count). The second kappa shape index (κ2) is 29.9. The molecule has 0 aromatic heterocycles. The minimum atomic E-state index is -2.48. The molecule has 17 heteroatoms. The highest BCUT2D eigenvalue weighted by Crippen LogP contribution is 2.38. The Hall–Kier alpha value is -3.49. The molecule has 0 aromatic carbocycles. The molecule has 2 bridgehead atoms. The van der Waals surface area contributed by atoms with Crippen LogP contribution < -0.4 is 0 Å². The van der Waals surface area contributed by atoms with Crippen LogP contribution in [0.2, 0.25) is 0 Å². The Labute approximate surface area is 439 Å². The number of carbonyl (C=O) groups excluding carboxylic acids is 5. The van der Waals surface area contributed by atoms with Crippen LogP contribution >= 0.6 is 0 Å². The van der Waals surface area contributed by atoms with Gasteiger partial charge < -0.3 is 58.1 Å². The Morgan fingerprint density at radius 2 is 1.64 bits per heavy atom. The topological polar surface area (TPSA) is 223 Å². The quantitative estimate of drug-likeness (QED) is 0.123. The summed E-state index contributed by atoms with van der Waals surface area (Å²) in [6.45, 7) is 14.4. The molecule has 4 fully saturated rings. The fraction of sp³-hybridized carbons (Fsp3) is 0.772. The first-order valence-corrected chi connectivity index (χ1v) is 27.3. The van der Waals surface area contributed by atoms with Crippen LogP contribution in [0.5, 0.6) is 0 Å². The number of aliphatic hydroxyl groups excluding tert-OH is 2. The molecule has 0 radical (unpaired) electrons. The SMILES string of the molecule is CO[C@@H]1C[C@H](C[C@@H](C)[C@@H]2CC(=O)[C@H](C)C=C(C)[C@@H](O)[C@@H](OC)C(=O)[C@H](C)C[C@H](C)C=CC=CC=C(C)[C@@H](OC[C@@H]3COCCO3)C[C@@H]3CC[C@@H](C)[C@@](O)(O3)C(=O)C(=O)N3CCCC[C@H]3C(=O)O2)CC[C@H]1OCCO. The number of piperidine rings is 1. The van der Waals surface area contributed by atoms with Crippen molar-refractivity contribution in [2.24, 2.45) is 35.5 Å². The zero-order valence-corrected chi connectivity index (χ0v) is 45.7. The molecule has 4 aliphatic heterocycles. The molecular weight excluding hydrogens is 955 g/mol. The lowest BCUT2D eigenvalue weighted by Gasteiger charge is -2.43. The molecular formula is C57H89NO16. The summed E-state index contributed by atoms with van der Waals surface area (Å²) in [5.41, 5.74) is 1.23. The normalized spacial score (nSPS) is 36.9. The van der Waals surface area contributed by atoms with Crippen molar-refractivity contribution in [3.8, 4) is 0 Å². The van der Waals surface area contributed by atoms with Crippen LogP contribution in [0.25, 0.3) is 0 Å². The van der Waals surface area contributed by atoms with E-state index in [1.54, 1.807) is 34.0 Å². The van der Waals surface area contributed by atoms with Crippen molar-refractivity contribution in [1.82, 2.24) is 4.90 Å². The molecule has 1 saturated carbocycles. The molecule has 418 valence electrons. The van der Waals surface area contributed by atoms with E-state index in [1.807, 2.05) is 58.1 Å². The zero-order chi connectivity index (χ0) is 54.1. The van der Waals surface area contributed by atoms with Crippen LogP contribution in [0.15, 0.2) is 47.6 Å². The van der Waals surface area contributed by atoms with E-state index in [0.29, 0.717) is 76.8 Å². The van der Waals surface area contributed by atoms with Crippen molar-refractivity contribution in [2.45, 2.75) is 186 Å². The number of aliphatic hydroxyl groups is 3. The lowest BCUT2D eigenvalue weighted by molar-refractivity contribution is -0.266. The number of hydrogen-bond acceptors (Lipinski definition) is 16. The van der Waals surface area contributed by atoms with Gasteiger partial charge in [-0.2, -0.15) is 0 Å². The predicted octanol–water partition coefficient (Wildman–Crippen LogP) is 5.98. The molecule has 0 spiro atoms. The third-order valence-electron chi connectivity index (χ3n) is 16.0. The summed E-state index contributed by atoms with van der Waals surface area (Å²) >= 11 is 0. The average Bonchev–Trinajstić information content (AvgIpc) is 3.39. The number of Topliss-reactive ketones (excluding diaryl/α,β-unsaturated/α-hetero) is 3. The second-order valence-corrected chi connectivity index (χ2v) is 21.8. The number of nitrogens with zero attached hydrogens (tertiary/aromatic N) is 1. The van der Waals surface area contributed by atoms with E-state index in [-0.39, 0.29) is 93.3 Å². The van der Waals surface area contributed by atoms with Gasteiger partial charge >= 0.3 is 5.97 Å². The molecule has 1 amide bonds. The minimum Gasteiger partial charge on any atom is -0.460 e. The maximum absolute atomic E-state index is 14.6. The monoisotopic (exact) mass is 1040 g/mol. The first-order chi connectivity index (χ1) is 35.3. The van der Waals surface area contributed by atoms with Gasteiger partial charge in [-0.25, -0.2) is 4.79 Å². The summed E-state index contributed by atoms with van der Waals surface area (Å²) in [6, 6.07) is -1.17. The summed E-state index contributed by atoms with van der Waals surface area (Å²) in [6.07, 6.45) is 11.3. The third-order valence-corrected chi connectivity index (χ3v) is 16.0. The Bertz CT molecular complexity index is 1960. The van der Waals surface area contributed by atoms with Gasteiger partial charge in [0.15, 0.2) is 5.78 Å². The van der Waals surface area contributed by atoms with Gasteiger partial charge in [0.2, 0.25) is 5.79 Å². The Morgan fingerprint density at radius 3 is 2.34 bits per heavy atom. The number of rotatable bonds is 11. The lowest BCUT2D eigenvalue weighted by Crippen LogP contribution is -2.61. The number of cyclic esters (lactones) is 1. The van der Waals surface area contributed by atoms with E-state index in [1.165, 1.54) is 12.0 Å². The molecule has 17 nitrogen and oxygen atoms in total. The van der Waals surface area contributed by atoms with Crippen LogP contribution in [-0.2, 0) is 61.9 Å². The highest BCUT2D eigenvalue weighted by Gasteiger charge is 2.53. The van der Waals surface area contributed by atoms with E-state index < -0.39 is 77.8 Å². The average molecular weight is 1040 g/mol. The van der Waals surface area contributed by atoms with Gasteiger partial charge in [-0.3, -0.25) is 19.2 Å². The van der Waals surface area contributed by atoms with E-state index in [2.05, 4.69) is 0 Å². The van der Waals surface area contributed by atoms with Crippen molar-refractivity contribution < 1.29 is 77.2 Å². The van der Waals surface area contributed by atoms with Crippen LogP contribution in [0, 0.1) is 35.5 Å². The maximum atomic E-state index is 14.6. The number of amides is 1. The predicted molar refractivity (Wildman–Crippen MR) is 275 cm³/mol. The van der Waals surface area contributed by atoms with Gasteiger partial charge in [0.1, 0.15) is 36.2 Å². The number of esters is 1. The molecule has 0 unspecified atom stereocenters. The number of fused-ring (bicyclic) bond motifs is 3. The molecule has 3 N–H and O–H groups in total. The number of carbonyl (C=O) groups is 5. The van der Waals surface area contributed by atoms with Gasteiger partial charge in [-0.05, 0) is 107 Å². The van der Waals surface area contributed by atoms with Crippen molar-refractivity contribution in [2.75, 3.05) is 60.4 Å². The van der Waals surface area contributed by atoms with Crippen molar-refractivity contribution in [3.05, 3.63) is 47.6 Å². The summed E-state index contributed by atoms with van der Waals surface area (Å²) in [4.78, 5) is 72.9. The Morgan fingerprint density at radius 1 is 0.865 bits per heavy atom. The molecule has 3 saturated heterocycles. The summed E-state index contributed by atoms with van der Waals surface area (Å²) in [7, 11) is 3.01. The standard InChI is InChI=1S/C57H89NO16/c1-35-15-11-10-12-16-36(2)48(72-34-44-33-69-25-26-70-44)31-43-20-18-41(7)57(66,74-43)54(63)55(64)58-22-14-13-17-45(58)56(65)73-49(38(4)29-42-19-21-47(71-24-23-59)50(30-42)67-8)32-46(60)37(3)28-40(6)52(62)53(68-9)51(61)39(5)27-35/h10-12,15-16,28,35,37-39,41-45,47-50,52-53,59,62,66H,13-14,17-27,29-34H2,1-9H3/t35-,37-,38-,39-,41-,42+,43+,44+,45+,47-,48+,49+,50-,52-,53+,57-/m1/s1. The molecule has 16 atom stereocenters. The van der Waals surface area contributed by atoms with Gasteiger partial charge in [-0.15, -0.1) is 0 Å². The highest BCUT2D eigenvalue weighted by molar-refractivity contribution is 6.39. The fourth-order valence-corrected chi connectivity index (χ4v) is 11.3. The van der Waals surface area contributed by atoms with Gasteiger partial charge in [-0.1, -0.05) is 71.1 Å². The van der Waals surface area contributed by atoms with Crippen molar-refractivity contribution in [3.63, 3.8) is 0 Å². The van der Waals surface area contributed by atoms with Crippen molar-refractivity contribution >= 4 is 29.2 Å². The molecule has 74 heavy (non-hydrogen) atoms. The van der Waals surface area contributed by atoms with Crippen LogP contribution in [0.4, 0.5) is 0 Å². The van der Waals surface area contributed by atoms with Crippen LogP contribution in [-0.4, -0.2) is 171 Å². The fourth-order valence-electron chi connectivity index (χ4n) is 11.3. The summed E-state index contributed by atoms with van der Waals surface area (Å²) in [5.74, 6) is -8.18. The number of ether oxygens (including phenoxy) is 8. The third kappa shape index (κ3) is 17.0.